The summed E-state index contributed by atoms with van der Waals surface area (Å²) in [5.74, 6) is 0.144. The summed E-state index contributed by atoms with van der Waals surface area (Å²) in [4.78, 5) is 21.9. The molecule has 0 saturated carbocycles. The highest BCUT2D eigenvalue weighted by atomic mass is 79.9. The van der Waals surface area contributed by atoms with E-state index in [2.05, 4.69) is 31.4 Å². The number of carbonyl (C=O) groups is 1. The van der Waals surface area contributed by atoms with E-state index in [1.54, 1.807) is 6.07 Å². The smallest absolute Gasteiger partial charge is 0.284 e. The van der Waals surface area contributed by atoms with Crippen LogP contribution in [0.1, 0.15) is 19.8 Å². The van der Waals surface area contributed by atoms with Crippen LogP contribution in [0.4, 0.5) is 11.5 Å². The molecule has 1 heterocycles. The van der Waals surface area contributed by atoms with Gasteiger partial charge in [0.2, 0.25) is 5.91 Å². The molecule has 8 heteroatoms. The summed E-state index contributed by atoms with van der Waals surface area (Å²) in [5.41, 5.74) is 0.546. The molecular weight excluding hydrogens is 316 g/mol. The Morgan fingerprint density at radius 3 is 2.95 bits per heavy atom. The van der Waals surface area contributed by atoms with Crippen LogP contribution in [0, 0.1) is 10.1 Å². The fraction of sp³-hybridized carbons (Fsp3) is 0.273. The monoisotopic (exact) mass is 326 g/mol. The molecule has 0 fully saturated rings. The average molecular weight is 327 g/mol. The molecule has 2 aromatic rings. The number of aromatic nitrogens is 2. The first kappa shape index (κ1) is 13.5. The molecule has 0 aliphatic heterocycles. The second-order valence-electron chi connectivity index (χ2n) is 3.98. The summed E-state index contributed by atoms with van der Waals surface area (Å²) in [7, 11) is 0. The normalized spacial score (nSPS) is 10.6. The van der Waals surface area contributed by atoms with Crippen molar-refractivity contribution in [3.63, 3.8) is 0 Å². The number of carbonyl (C=O) groups excluding carboxylic acids is 1. The summed E-state index contributed by atoms with van der Waals surface area (Å²) in [6.07, 6.45) is 1.10. The van der Waals surface area contributed by atoms with Crippen molar-refractivity contribution >= 4 is 44.2 Å². The lowest BCUT2D eigenvalue weighted by molar-refractivity contribution is -0.385. The number of hydrogen-bond acceptors (Lipinski definition) is 4. The van der Waals surface area contributed by atoms with Gasteiger partial charge in [0.05, 0.1) is 20.3 Å². The topological polar surface area (TPSA) is 101 Å². The van der Waals surface area contributed by atoms with Gasteiger partial charge in [-0.05, 0) is 28.4 Å². The lowest BCUT2D eigenvalue weighted by Crippen LogP contribution is -2.11. The summed E-state index contributed by atoms with van der Waals surface area (Å²) >= 11 is 3.13. The van der Waals surface area contributed by atoms with Crippen LogP contribution >= 0.6 is 15.9 Å². The van der Waals surface area contributed by atoms with E-state index in [0.717, 1.165) is 6.42 Å². The zero-order valence-corrected chi connectivity index (χ0v) is 11.7. The van der Waals surface area contributed by atoms with Crippen molar-refractivity contribution in [2.45, 2.75) is 19.8 Å². The zero-order chi connectivity index (χ0) is 14.0. The molecule has 7 nitrogen and oxygen atoms in total. The van der Waals surface area contributed by atoms with E-state index in [4.69, 9.17) is 0 Å². The molecule has 2 rings (SSSR count). The van der Waals surface area contributed by atoms with Crippen LogP contribution in [-0.2, 0) is 4.79 Å². The van der Waals surface area contributed by atoms with Crippen molar-refractivity contribution in [3.8, 4) is 0 Å². The molecule has 0 bridgehead atoms. The second kappa shape index (κ2) is 5.35. The largest absolute Gasteiger partial charge is 0.309 e. The van der Waals surface area contributed by atoms with Gasteiger partial charge < -0.3 is 5.32 Å². The van der Waals surface area contributed by atoms with E-state index in [9.17, 15) is 14.9 Å². The fourth-order valence-electron chi connectivity index (χ4n) is 1.68. The third-order valence-corrected chi connectivity index (χ3v) is 3.20. The molecule has 0 atom stereocenters. The molecular formula is C11H11BrN4O3. The molecule has 1 amide bonds. The molecule has 0 spiro atoms. The van der Waals surface area contributed by atoms with E-state index in [0.29, 0.717) is 27.6 Å². The molecule has 0 saturated heterocycles. The van der Waals surface area contributed by atoms with Gasteiger partial charge in [-0.2, -0.15) is 5.10 Å². The van der Waals surface area contributed by atoms with E-state index in [1.807, 2.05) is 6.92 Å². The van der Waals surface area contributed by atoms with Crippen molar-refractivity contribution in [1.29, 1.82) is 0 Å². The summed E-state index contributed by atoms with van der Waals surface area (Å²) in [5, 5.41) is 20.7. The number of halogens is 1. The molecule has 0 unspecified atom stereocenters. The number of rotatable bonds is 4. The van der Waals surface area contributed by atoms with Gasteiger partial charge in [0.15, 0.2) is 5.82 Å². The number of nitrogens with one attached hydrogen (secondary N) is 2. The second-order valence-corrected chi connectivity index (χ2v) is 4.83. The minimum Gasteiger partial charge on any atom is -0.309 e. The van der Waals surface area contributed by atoms with Crippen LogP contribution in [0.3, 0.4) is 0 Å². The van der Waals surface area contributed by atoms with Gasteiger partial charge in [0, 0.05) is 12.5 Å². The van der Waals surface area contributed by atoms with Gasteiger partial charge in [-0.25, -0.2) is 0 Å². The molecule has 1 aromatic heterocycles. The molecule has 19 heavy (non-hydrogen) atoms. The minimum absolute atomic E-state index is 0.0695. The van der Waals surface area contributed by atoms with Gasteiger partial charge >= 0.3 is 0 Å². The highest BCUT2D eigenvalue weighted by Gasteiger charge is 2.17. The Kier molecular flexibility index (Phi) is 3.79. The predicted octanol–water partition coefficient (Wildman–Crippen LogP) is 2.97. The van der Waals surface area contributed by atoms with Gasteiger partial charge in [0.1, 0.15) is 0 Å². The maximum atomic E-state index is 11.5. The van der Waals surface area contributed by atoms with Crippen LogP contribution in [0.25, 0.3) is 10.9 Å². The molecule has 1 aromatic carbocycles. The first-order chi connectivity index (χ1) is 9.02. The number of nitrogens with zero attached hydrogens (tertiary/aromatic N) is 2. The molecule has 100 valence electrons. The highest BCUT2D eigenvalue weighted by molar-refractivity contribution is 9.10. The van der Waals surface area contributed by atoms with Crippen LogP contribution in [0.2, 0.25) is 0 Å². The Bertz CT molecular complexity index is 653. The Morgan fingerprint density at radius 2 is 2.32 bits per heavy atom. The average Bonchev–Trinajstić information content (AvgIpc) is 2.70. The van der Waals surface area contributed by atoms with Crippen LogP contribution < -0.4 is 5.32 Å². The summed E-state index contributed by atoms with van der Waals surface area (Å²) in [6.45, 7) is 1.89. The van der Waals surface area contributed by atoms with E-state index < -0.39 is 4.92 Å². The van der Waals surface area contributed by atoms with Crippen molar-refractivity contribution in [2.24, 2.45) is 0 Å². The zero-order valence-electron chi connectivity index (χ0n) is 10.1. The lowest BCUT2D eigenvalue weighted by Gasteiger charge is -2.01. The van der Waals surface area contributed by atoms with Crippen molar-refractivity contribution in [2.75, 3.05) is 5.32 Å². The van der Waals surface area contributed by atoms with Crippen LogP contribution in [0.15, 0.2) is 16.6 Å². The number of H-pyrrole nitrogens is 1. The van der Waals surface area contributed by atoms with Gasteiger partial charge in [-0.3, -0.25) is 20.0 Å². The number of nitro groups is 1. The maximum Gasteiger partial charge on any atom is 0.284 e. The Balaban J connectivity index is 2.44. The highest BCUT2D eigenvalue weighted by Crippen LogP contribution is 2.32. The first-order valence-electron chi connectivity index (χ1n) is 5.64. The number of aromatic amines is 1. The Morgan fingerprint density at radius 1 is 1.58 bits per heavy atom. The van der Waals surface area contributed by atoms with Gasteiger partial charge in [-0.15, -0.1) is 0 Å². The predicted molar refractivity (Wildman–Crippen MR) is 74.0 cm³/mol. The summed E-state index contributed by atoms with van der Waals surface area (Å²) < 4.78 is 0.361. The summed E-state index contributed by atoms with van der Waals surface area (Å²) in [6, 6.07) is 2.94. The maximum absolute atomic E-state index is 11.5. The third-order valence-electron chi connectivity index (χ3n) is 2.56. The molecule has 2 N–H and O–H groups in total. The molecule has 0 aliphatic rings. The fourth-order valence-corrected chi connectivity index (χ4v) is 2.17. The number of hydrogen-bond donors (Lipinski definition) is 2. The van der Waals surface area contributed by atoms with E-state index in [-0.39, 0.29) is 11.6 Å². The number of benzene rings is 1. The van der Waals surface area contributed by atoms with Crippen molar-refractivity contribution < 1.29 is 9.72 Å². The number of nitro benzene ring substituents is 1. The standard InChI is InChI=1S/C11H11BrN4O3/c1-2-3-10(17)13-11-6-4-9(16(18)19)7(12)5-8(6)14-15-11/h4-5H,2-3H2,1H3,(H2,13,14,15,17). The van der Waals surface area contributed by atoms with Crippen LogP contribution in [0.5, 0.6) is 0 Å². The van der Waals surface area contributed by atoms with E-state index in [1.165, 1.54) is 6.07 Å². The minimum atomic E-state index is -0.492. The first-order valence-corrected chi connectivity index (χ1v) is 6.44. The quantitative estimate of drug-likeness (QED) is 0.666. The SMILES string of the molecule is CCCC(=O)Nc1n[nH]c2cc(Br)c([N+](=O)[O-])cc12. The number of fused-ring (bicyclic) bond motifs is 1. The van der Waals surface area contributed by atoms with Crippen molar-refractivity contribution in [3.05, 3.63) is 26.7 Å². The van der Waals surface area contributed by atoms with Gasteiger partial charge in [-0.1, -0.05) is 6.92 Å². The lowest BCUT2D eigenvalue weighted by atomic mass is 10.2. The Hall–Kier alpha value is -1.96. The number of anilines is 1. The Labute approximate surface area is 116 Å². The van der Waals surface area contributed by atoms with Crippen LogP contribution in [-0.4, -0.2) is 21.0 Å². The molecule has 0 aliphatic carbocycles. The number of amides is 1. The van der Waals surface area contributed by atoms with E-state index >= 15 is 0 Å². The van der Waals surface area contributed by atoms with Crippen molar-refractivity contribution in [1.82, 2.24) is 10.2 Å². The third kappa shape index (κ3) is 2.73. The molecule has 0 radical (unpaired) electrons. The van der Waals surface area contributed by atoms with Gasteiger partial charge in [0.25, 0.3) is 5.69 Å².